The van der Waals surface area contributed by atoms with E-state index in [1.807, 2.05) is 12.1 Å². The maximum atomic E-state index is 12.2. The van der Waals surface area contributed by atoms with Crippen LogP contribution in [-0.2, 0) is 16.0 Å². The Morgan fingerprint density at radius 1 is 1.21 bits per heavy atom. The molecule has 5 nitrogen and oxygen atoms in total. The Labute approximate surface area is 172 Å². The number of fused-ring (bicyclic) bond motifs is 1. The highest BCUT2D eigenvalue weighted by molar-refractivity contribution is 5.86. The van der Waals surface area contributed by atoms with Crippen molar-refractivity contribution < 1.29 is 13.9 Å². The van der Waals surface area contributed by atoms with Gasteiger partial charge in [0.15, 0.2) is 0 Å². The minimum atomic E-state index is 0.00874. The van der Waals surface area contributed by atoms with Crippen molar-refractivity contribution in [3.8, 4) is 0 Å². The van der Waals surface area contributed by atoms with Crippen LogP contribution in [-0.4, -0.2) is 49.2 Å². The number of nitrogens with zero attached hydrogens (tertiary/aromatic N) is 1. The van der Waals surface area contributed by atoms with Crippen LogP contribution in [0.5, 0.6) is 0 Å². The van der Waals surface area contributed by atoms with Gasteiger partial charge in [-0.2, -0.15) is 0 Å². The Balaban J connectivity index is 1.56. The van der Waals surface area contributed by atoms with E-state index in [0.29, 0.717) is 18.4 Å². The predicted molar refractivity (Wildman–Crippen MR) is 113 cm³/mol. The van der Waals surface area contributed by atoms with Gasteiger partial charge < -0.3 is 14.5 Å². The number of carbonyl (C=O) groups is 1. The summed E-state index contributed by atoms with van der Waals surface area (Å²) in [5.74, 6) is 1.25. The molecular weight excluding hydrogens is 364 g/mol. The van der Waals surface area contributed by atoms with E-state index in [-0.39, 0.29) is 11.5 Å². The van der Waals surface area contributed by atoms with Crippen molar-refractivity contribution in [1.82, 2.24) is 10.2 Å². The minimum Gasteiger partial charge on any atom is -0.460 e. The average molecular weight is 397 g/mol. The number of benzene rings is 1. The number of furan rings is 1. The molecule has 3 aliphatic rings. The van der Waals surface area contributed by atoms with Crippen molar-refractivity contribution in [3.63, 3.8) is 0 Å². The van der Waals surface area contributed by atoms with Gasteiger partial charge in [0.05, 0.1) is 12.0 Å². The van der Waals surface area contributed by atoms with Gasteiger partial charge in [0.2, 0.25) is 5.91 Å². The van der Waals surface area contributed by atoms with E-state index >= 15 is 0 Å². The molecule has 29 heavy (non-hydrogen) atoms. The number of likely N-dealkylation sites (tertiary alicyclic amines) is 1. The molecule has 3 atom stereocenters. The molecule has 1 N–H and O–H groups in total. The zero-order valence-corrected chi connectivity index (χ0v) is 17.4. The number of rotatable bonds is 4. The van der Waals surface area contributed by atoms with Crippen LogP contribution in [0, 0.1) is 0 Å². The molecule has 1 aromatic heterocycles. The molecule has 3 unspecified atom stereocenters. The average Bonchev–Trinajstić information content (AvgIpc) is 3.48. The normalized spacial score (nSPS) is 30.4. The summed E-state index contributed by atoms with van der Waals surface area (Å²) in [7, 11) is 1.69. The Morgan fingerprint density at radius 2 is 2.03 bits per heavy atom. The highest BCUT2D eigenvalue weighted by Crippen LogP contribution is 2.49. The fourth-order valence-electron chi connectivity index (χ4n) is 6.03. The summed E-state index contributed by atoms with van der Waals surface area (Å²) < 4.78 is 12.6. The quantitative estimate of drug-likeness (QED) is 0.849. The van der Waals surface area contributed by atoms with Crippen LogP contribution in [0.25, 0.3) is 11.0 Å². The van der Waals surface area contributed by atoms with Gasteiger partial charge in [-0.05, 0) is 64.1 Å². The summed E-state index contributed by atoms with van der Waals surface area (Å²) in [5.41, 5.74) is 2.25. The molecule has 1 aliphatic carbocycles. The summed E-state index contributed by atoms with van der Waals surface area (Å²) in [6, 6.07) is 8.76. The summed E-state index contributed by atoms with van der Waals surface area (Å²) in [5, 5.41) is 3.95. The topological polar surface area (TPSA) is 54.7 Å². The number of carbonyl (C=O) groups excluding carboxylic acids is 1. The first kappa shape index (κ1) is 19.1. The van der Waals surface area contributed by atoms with Gasteiger partial charge in [0.25, 0.3) is 0 Å². The monoisotopic (exact) mass is 396 g/mol. The SMILES string of the molecule is CNC(=O)Cc1oc2ccccc2c1C1CCC2(CCCO2)CC1N1CCCC1. The highest BCUT2D eigenvalue weighted by atomic mass is 16.5. The van der Waals surface area contributed by atoms with E-state index in [1.54, 1.807) is 7.05 Å². The Kier molecular flexibility index (Phi) is 5.12. The summed E-state index contributed by atoms with van der Waals surface area (Å²) in [6.45, 7) is 3.27. The second kappa shape index (κ2) is 7.77. The van der Waals surface area contributed by atoms with Crippen molar-refractivity contribution in [3.05, 3.63) is 35.6 Å². The molecule has 2 saturated heterocycles. The first-order valence-electron chi connectivity index (χ1n) is 11.3. The predicted octanol–water partition coefficient (Wildman–Crippen LogP) is 4.00. The van der Waals surface area contributed by atoms with Crippen molar-refractivity contribution in [2.45, 2.75) is 68.9 Å². The second-order valence-electron chi connectivity index (χ2n) is 9.08. The fourth-order valence-corrected chi connectivity index (χ4v) is 6.03. The number of para-hydroxylation sites is 1. The van der Waals surface area contributed by atoms with E-state index in [2.05, 4.69) is 22.3 Å². The molecule has 5 rings (SSSR count). The molecule has 2 aliphatic heterocycles. The zero-order chi connectivity index (χ0) is 19.8. The third-order valence-electron chi connectivity index (χ3n) is 7.43. The summed E-state index contributed by atoms with van der Waals surface area (Å²) in [4.78, 5) is 14.9. The van der Waals surface area contributed by atoms with Crippen LogP contribution < -0.4 is 5.32 Å². The van der Waals surface area contributed by atoms with E-state index in [1.165, 1.54) is 49.7 Å². The van der Waals surface area contributed by atoms with Crippen molar-refractivity contribution >= 4 is 16.9 Å². The molecule has 1 spiro atoms. The smallest absolute Gasteiger partial charge is 0.227 e. The van der Waals surface area contributed by atoms with Gasteiger partial charge in [-0.15, -0.1) is 0 Å². The molecule has 5 heteroatoms. The molecule has 1 aromatic carbocycles. The maximum Gasteiger partial charge on any atom is 0.227 e. The molecule has 1 saturated carbocycles. The summed E-state index contributed by atoms with van der Waals surface area (Å²) >= 11 is 0. The van der Waals surface area contributed by atoms with Crippen molar-refractivity contribution in [1.29, 1.82) is 0 Å². The first-order valence-corrected chi connectivity index (χ1v) is 11.3. The van der Waals surface area contributed by atoms with Gasteiger partial charge in [-0.25, -0.2) is 0 Å². The maximum absolute atomic E-state index is 12.2. The van der Waals surface area contributed by atoms with Crippen molar-refractivity contribution in [2.75, 3.05) is 26.7 Å². The van der Waals surface area contributed by atoms with E-state index < -0.39 is 0 Å². The van der Waals surface area contributed by atoms with Crippen LogP contribution >= 0.6 is 0 Å². The van der Waals surface area contributed by atoms with Crippen LogP contribution in [0.1, 0.15) is 62.2 Å². The largest absolute Gasteiger partial charge is 0.460 e. The zero-order valence-electron chi connectivity index (χ0n) is 17.4. The summed E-state index contributed by atoms with van der Waals surface area (Å²) in [6.07, 6.45) is 8.59. The lowest BCUT2D eigenvalue weighted by Gasteiger charge is -2.46. The van der Waals surface area contributed by atoms with Gasteiger partial charge in [-0.3, -0.25) is 9.69 Å². The number of amides is 1. The number of likely N-dealkylation sites (N-methyl/N-ethyl adjacent to an activating group) is 1. The number of ether oxygens (including phenoxy) is 1. The third-order valence-corrected chi connectivity index (χ3v) is 7.43. The van der Waals surface area contributed by atoms with E-state index in [4.69, 9.17) is 9.15 Å². The molecule has 2 aromatic rings. The Morgan fingerprint density at radius 3 is 2.79 bits per heavy atom. The minimum absolute atomic E-state index is 0.00874. The van der Waals surface area contributed by atoms with E-state index in [0.717, 1.165) is 37.2 Å². The lowest BCUT2D eigenvalue weighted by Crippen LogP contribution is -2.48. The molecule has 3 fully saturated rings. The van der Waals surface area contributed by atoms with Crippen LogP contribution in [0.15, 0.2) is 28.7 Å². The molecule has 1 amide bonds. The Bertz CT molecular complexity index is 877. The van der Waals surface area contributed by atoms with Gasteiger partial charge in [0.1, 0.15) is 11.3 Å². The number of hydrogen-bond donors (Lipinski definition) is 1. The number of hydrogen-bond acceptors (Lipinski definition) is 4. The third kappa shape index (κ3) is 3.49. The van der Waals surface area contributed by atoms with Crippen LogP contribution in [0.2, 0.25) is 0 Å². The lowest BCUT2D eigenvalue weighted by molar-refractivity contribution is -0.120. The van der Waals surface area contributed by atoms with Gasteiger partial charge in [0, 0.05) is 36.6 Å². The molecule has 156 valence electrons. The molecule has 0 bridgehead atoms. The first-order chi connectivity index (χ1) is 14.2. The van der Waals surface area contributed by atoms with Crippen LogP contribution in [0.3, 0.4) is 0 Å². The van der Waals surface area contributed by atoms with Gasteiger partial charge >= 0.3 is 0 Å². The van der Waals surface area contributed by atoms with Gasteiger partial charge in [-0.1, -0.05) is 18.2 Å². The lowest BCUT2D eigenvalue weighted by atomic mass is 9.70. The van der Waals surface area contributed by atoms with Crippen LogP contribution in [0.4, 0.5) is 0 Å². The van der Waals surface area contributed by atoms with E-state index in [9.17, 15) is 4.79 Å². The standard InChI is InChI=1S/C24H32N2O3/c1-25-22(27)15-21-23(18-7-2-3-8-20(18)29-21)17-9-11-24(10-6-14-28-24)16-19(17)26-12-4-5-13-26/h2-3,7-8,17,19H,4-6,9-16H2,1H3,(H,25,27). The molecular formula is C24H32N2O3. The number of nitrogens with one attached hydrogen (secondary N) is 1. The highest BCUT2D eigenvalue weighted by Gasteiger charge is 2.47. The second-order valence-corrected chi connectivity index (χ2v) is 9.08. The molecule has 3 heterocycles. The Hall–Kier alpha value is -1.85. The van der Waals surface area contributed by atoms with Crippen molar-refractivity contribution in [2.24, 2.45) is 0 Å². The fraction of sp³-hybridized carbons (Fsp3) is 0.625. The molecule has 0 radical (unpaired) electrons.